The Labute approximate surface area is 128 Å². The number of hydrogen-bond acceptors (Lipinski definition) is 4. The summed E-state index contributed by atoms with van der Waals surface area (Å²) in [6.45, 7) is 0.264. The second kappa shape index (κ2) is 6.90. The van der Waals surface area contributed by atoms with Gasteiger partial charge in [0.05, 0.1) is 16.4 Å². The monoisotopic (exact) mass is 316 g/mol. The predicted molar refractivity (Wildman–Crippen MR) is 81.2 cm³/mol. The second-order valence-electron chi connectivity index (χ2n) is 4.32. The molecular formula is C15H12N2O4S. The quantitative estimate of drug-likeness (QED) is 0.481. The first-order valence-electron chi connectivity index (χ1n) is 6.38. The number of hydrogen-bond donors (Lipinski definition) is 0. The molecule has 22 heavy (non-hydrogen) atoms. The molecule has 6 nitrogen and oxygen atoms in total. The lowest BCUT2D eigenvalue weighted by Gasteiger charge is -2.18. The lowest BCUT2D eigenvalue weighted by molar-refractivity contribution is -0.384. The minimum atomic E-state index is -3.76. The summed E-state index contributed by atoms with van der Waals surface area (Å²) in [5, 5.41) is 10.6. The molecule has 0 aliphatic carbocycles. The molecule has 1 aromatic carbocycles. The van der Waals surface area contributed by atoms with E-state index in [-0.39, 0.29) is 23.7 Å². The van der Waals surface area contributed by atoms with Gasteiger partial charge in [0.1, 0.15) is 0 Å². The van der Waals surface area contributed by atoms with Crippen molar-refractivity contribution in [2.24, 2.45) is 0 Å². The Kier molecular flexibility index (Phi) is 4.95. The third kappa shape index (κ3) is 3.73. The van der Waals surface area contributed by atoms with Crippen LogP contribution >= 0.6 is 0 Å². The molecule has 0 aromatic heterocycles. The minimum Gasteiger partial charge on any atom is -0.258 e. The van der Waals surface area contributed by atoms with Gasteiger partial charge in [-0.3, -0.25) is 10.1 Å². The van der Waals surface area contributed by atoms with E-state index in [1.165, 1.54) is 28.6 Å². The van der Waals surface area contributed by atoms with Gasteiger partial charge in [0.25, 0.3) is 5.69 Å². The summed E-state index contributed by atoms with van der Waals surface area (Å²) < 4.78 is 26.3. The van der Waals surface area contributed by atoms with E-state index in [0.29, 0.717) is 6.42 Å². The number of benzene rings is 1. The van der Waals surface area contributed by atoms with Gasteiger partial charge in [-0.2, -0.15) is 4.31 Å². The Morgan fingerprint density at radius 2 is 1.73 bits per heavy atom. The lowest BCUT2D eigenvalue weighted by atomic mass is 10.3. The van der Waals surface area contributed by atoms with Gasteiger partial charge in [0.15, 0.2) is 0 Å². The predicted octanol–water partition coefficient (Wildman–Crippen LogP) is 1.55. The normalized spacial score (nSPS) is 16.5. The average Bonchev–Trinajstić information content (AvgIpc) is 2.52. The van der Waals surface area contributed by atoms with Crippen molar-refractivity contribution in [2.45, 2.75) is 11.3 Å². The summed E-state index contributed by atoms with van der Waals surface area (Å²) in [5.74, 6) is 11.0. The molecule has 0 atom stereocenters. The molecule has 0 spiro atoms. The molecule has 112 valence electrons. The highest BCUT2D eigenvalue weighted by Crippen LogP contribution is 2.19. The number of nitro benzene ring substituents is 1. The molecule has 2 rings (SSSR count). The van der Waals surface area contributed by atoms with Crippen LogP contribution in [-0.2, 0) is 10.0 Å². The van der Waals surface area contributed by atoms with Crippen molar-refractivity contribution >= 4 is 15.7 Å². The molecule has 1 heterocycles. The molecule has 0 saturated heterocycles. The standard InChI is InChI=1S/C15H12N2O4S/c18-17(19)14-8-10-15(11-9-14)22(20,21)16-12-6-4-2-1-3-5-7-13-16/h1-2,8-11H,7,12-13H2/b2-1-. The molecule has 0 saturated carbocycles. The summed E-state index contributed by atoms with van der Waals surface area (Å²) in [5.41, 5.74) is -0.157. The van der Waals surface area contributed by atoms with Crippen LogP contribution in [0, 0.1) is 33.8 Å². The molecule has 0 amide bonds. The van der Waals surface area contributed by atoms with E-state index >= 15 is 0 Å². The van der Waals surface area contributed by atoms with Crippen LogP contribution in [0.4, 0.5) is 5.69 Å². The van der Waals surface area contributed by atoms with E-state index < -0.39 is 14.9 Å². The summed E-state index contributed by atoms with van der Waals surface area (Å²) in [7, 11) is -3.76. The summed E-state index contributed by atoms with van der Waals surface area (Å²) in [6, 6.07) is 4.79. The fourth-order valence-electron chi connectivity index (χ4n) is 1.76. The molecule has 1 aliphatic rings. The number of sulfonamides is 1. The minimum absolute atomic E-state index is 0.000427. The zero-order chi connectivity index (χ0) is 16.0. The highest BCUT2D eigenvalue weighted by Gasteiger charge is 2.24. The fourth-order valence-corrected chi connectivity index (χ4v) is 3.11. The van der Waals surface area contributed by atoms with Crippen molar-refractivity contribution < 1.29 is 13.3 Å². The van der Waals surface area contributed by atoms with Crippen molar-refractivity contribution in [1.82, 2.24) is 4.31 Å². The van der Waals surface area contributed by atoms with E-state index in [4.69, 9.17) is 0 Å². The first-order valence-corrected chi connectivity index (χ1v) is 7.82. The zero-order valence-electron chi connectivity index (χ0n) is 11.5. The van der Waals surface area contributed by atoms with Crippen LogP contribution in [0.3, 0.4) is 0 Å². The molecular weight excluding hydrogens is 304 g/mol. The van der Waals surface area contributed by atoms with Crippen LogP contribution in [0.1, 0.15) is 6.42 Å². The summed E-state index contributed by atoms with van der Waals surface area (Å²) in [4.78, 5) is 10.0. The zero-order valence-corrected chi connectivity index (χ0v) is 12.3. The second-order valence-corrected chi connectivity index (χ2v) is 6.25. The topological polar surface area (TPSA) is 80.5 Å². The van der Waals surface area contributed by atoms with Gasteiger partial charge in [0, 0.05) is 25.1 Å². The average molecular weight is 316 g/mol. The maximum atomic E-state index is 12.6. The molecule has 1 aromatic rings. The Bertz CT molecular complexity index is 818. The SMILES string of the molecule is O=[N+]([O-])c1ccc(S(=O)(=O)N2CC#C/C=C\C#CCC2)cc1. The molecule has 0 fully saturated rings. The Hall–Kier alpha value is -2.61. The Balaban J connectivity index is 2.30. The number of nitrogens with zero attached hydrogens (tertiary/aromatic N) is 2. The molecule has 1 aliphatic heterocycles. The van der Waals surface area contributed by atoms with Crippen molar-refractivity contribution in [2.75, 3.05) is 13.1 Å². The van der Waals surface area contributed by atoms with Crippen molar-refractivity contribution in [1.29, 1.82) is 0 Å². The largest absolute Gasteiger partial charge is 0.269 e. The first kappa shape index (κ1) is 15.8. The van der Waals surface area contributed by atoms with Crippen LogP contribution in [0.25, 0.3) is 0 Å². The number of rotatable bonds is 3. The smallest absolute Gasteiger partial charge is 0.258 e. The maximum Gasteiger partial charge on any atom is 0.269 e. The molecule has 0 unspecified atom stereocenters. The first-order chi connectivity index (χ1) is 10.5. The van der Waals surface area contributed by atoms with E-state index in [2.05, 4.69) is 23.7 Å². The van der Waals surface area contributed by atoms with Gasteiger partial charge in [-0.15, -0.1) is 0 Å². The van der Waals surface area contributed by atoms with Gasteiger partial charge < -0.3 is 0 Å². The molecule has 0 radical (unpaired) electrons. The van der Waals surface area contributed by atoms with E-state index in [1.54, 1.807) is 12.2 Å². The fraction of sp³-hybridized carbons (Fsp3) is 0.200. The highest BCUT2D eigenvalue weighted by atomic mass is 32.2. The maximum absolute atomic E-state index is 12.6. The van der Waals surface area contributed by atoms with Gasteiger partial charge in [-0.1, -0.05) is 23.7 Å². The van der Waals surface area contributed by atoms with Crippen molar-refractivity contribution in [3.63, 3.8) is 0 Å². The molecule has 0 N–H and O–H groups in total. The number of nitro groups is 1. The van der Waals surface area contributed by atoms with Gasteiger partial charge >= 0.3 is 0 Å². The third-order valence-corrected chi connectivity index (χ3v) is 4.74. The lowest BCUT2D eigenvalue weighted by Crippen LogP contribution is -2.32. The van der Waals surface area contributed by atoms with Crippen LogP contribution in [-0.4, -0.2) is 30.7 Å². The summed E-state index contributed by atoms with van der Waals surface area (Å²) in [6.07, 6.45) is 3.57. The number of non-ortho nitro benzene ring substituents is 1. The van der Waals surface area contributed by atoms with Gasteiger partial charge in [-0.25, -0.2) is 8.42 Å². The van der Waals surface area contributed by atoms with Crippen LogP contribution < -0.4 is 0 Å². The van der Waals surface area contributed by atoms with Crippen molar-refractivity contribution in [3.05, 3.63) is 46.5 Å². The van der Waals surface area contributed by atoms with Crippen molar-refractivity contribution in [3.8, 4) is 23.7 Å². The van der Waals surface area contributed by atoms with Crippen LogP contribution in [0.5, 0.6) is 0 Å². The Morgan fingerprint density at radius 1 is 1.09 bits per heavy atom. The van der Waals surface area contributed by atoms with Gasteiger partial charge in [0.2, 0.25) is 10.0 Å². The molecule has 7 heteroatoms. The van der Waals surface area contributed by atoms with Crippen LogP contribution in [0.15, 0.2) is 41.3 Å². The van der Waals surface area contributed by atoms with E-state index in [9.17, 15) is 18.5 Å². The van der Waals surface area contributed by atoms with Gasteiger partial charge in [-0.05, 0) is 24.3 Å². The van der Waals surface area contributed by atoms with Crippen LogP contribution in [0.2, 0.25) is 0 Å². The molecule has 0 bridgehead atoms. The number of allylic oxidation sites excluding steroid dienone is 2. The third-order valence-electron chi connectivity index (χ3n) is 2.88. The van der Waals surface area contributed by atoms with E-state index in [0.717, 1.165) is 0 Å². The van der Waals surface area contributed by atoms with E-state index in [1.807, 2.05) is 0 Å². The Morgan fingerprint density at radius 3 is 2.36 bits per heavy atom. The summed E-state index contributed by atoms with van der Waals surface area (Å²) >= 11 is 0. The highest BCUT2D eigenvalue weighted by molar-refractivity contribution is 7.89.